The molecule has 2 amide bonds. The lowest BCUT2D eigenvalue weighted by molar-refractivity contribution is 0.115. The van der Waals surface area contributed by atoms with Crippen molar-refractivity contribution in [1.29, 1.82) is 0 Å². The average Bonchev–Trinajstić information content (AvgIpc) is 3.15. The van der Waals surface area contributed by atoms with Gasteiger partial charge in [-0.05, 0) is 24.3 Å². The SMILES string of the molecule is COc1ccc2sc(OC3CCN(C(=O)Nc4ccccc4OC)CC3)nc2c1. The summed E-state index contributed by atoms with van der Waals surface area (Å²) in [6.45, 7) is 1.26. The highest BCUT2D eigenvalue weighted by molar-refractivity contribution is 7.20. The van der Waals surface area contributed by atoms with Crippen LogP contribution in [0.2, 0.25) is 0 Å². The number of carbonyl (C=O) groups is 1. The van der Waals surface area contributed by atoms with Crippen LogP contribution in [0.25, 0.3) is 10.2 Å². The van der Waals surface area contributed by atoms with Gasteiger partial charge in [-0.1, -0.05) is 23.5 Å². The van der Waals surface area contributed by atoms with Gasteiger partial charge in [-0.2, -0.15) is 0 Å². The smallest absolute Gasteiger partial charge is 0.321 e. The summed E-state index contributed by atoms with van der Waals surface area (Å²) >= 11 is 1.53. The minimum atomic E-state index is -0.125. The Morgan fingerprint density at radius 3 is 2.69 bits per heavy atom. The molecule has 0 aliphatic carbocycles. The van der Waals surface area contributed by atoms with Crippen molar-refractivity contribution in [2.75, 3.05) is 32.6 Å². The molecular weight excluding hydrogens is 390 g/mol. The molecule has 1 aliphatic heterocycles. The first-order valence-corrected chi connectivity index (χ1v) is 10.3. The molecule has 4 rings (SSSR count). The minimum Gasteiger partial charge on any atom is -0.497 e. The van der Waals surface area contributed by atoms with Crippen LogP contribution in [0.15, 0.2) is 42.5 Å². The largest absolute Gasteiger partial charge is 0.497 e. The van der Waals surface area contributed by atoms with E-state index in [9.17, 15) is 4.79 Å². The number of hydrogen-bond acceptors (Lipinski definition) is 6. The van der Waals surface area contributed by atoms with E-state index in [2.05, 4.69) is 10.3 Å². The number of benzene rings is 2. The summed E-state index contributed by atoms with van der Waals surface area (Å²) in [6, 6.07) is 13.1. The van der Waals surface area contributed by atoms with E-state index < -0.39 is 0 Å². The molecule has 2 aromatic carbocycles. The molecule has 1 fully saturated rings. The number of anilines is 1. The second kappa shape index (κ2) is 8.57. The molecule has 3 aromatic rings. The third-order valence-corrected chi connectivity index (χ3v) is 5.85. The molecule has 0 spiro atoms. The fourth-order valence-corrected chi connectivity index (χ4v) is 4.19. The highest BCUT2D eigenvalue weighted by Crippen LogP contribution is 2.32. The maximum absolute atomic E-state index is 12.6. The quantitative estimate of drug-likeness (QED) is 0.672. The molecule has 0 bridgehead atoms. The van der Waals surface area contributed by atoms with Crippen molar-refractivity contribution < 1.29 is 19.0 Å². The summed E-state index contributed by atoms with van der Waals surface area (Å²) in [4.78, 5) is 18.9. The molecule has 0 radical (unpaired) electrons. The lowest BCUT2D eigenvalue weighted by Gasteiger charge is -2.31. The van der Waals surface area contributed by atoms with Gasteiger partial charge < -0.3 is 24.4 Å². The first-order valence-electron chi connectivity index (χ1n) is 9.46. The van der Waals surface area contributed by atoms with Gasteiger partial charge in [0.25, 0.3) is 5.19 Å². The molecule has 8 heteroatoms. The van der Waals surface area contributed by atoms with Crippen molar-refractivity contribution in [2.45, 2.75) is 18.9 Å². The van der Waals surface area contributed by atoms with Crippen LogP contribution in [0.5, 0.6) is 16.7 Å². The lowest BCUT2D eigenvalue weighted by Crippen LogP contribution is -2.43. The number of ether oxygens (including phenoxy) is 3. The van der Waals surface area contributed by atoms with Crippen LogP contribution in [-0.2, 0) is 0 Å². The van der Waals surface area contributed by atoms with Gasteiger partial charge in [0.2, 0.25) is 0 Å². The Morgan fingerprint density at radius 1 is 1.14 bits per heavy atom. The molecule has 1 aliphatic rings. The molecule has 2 heterocycles. The van der Waals surface area contributed by atoms with E-state index in [1.54, 1.807) is 19.1 Å². The molecule has 0 atom stereocenters. The summed E-state index contributed by atoms with van der Waals surface area (Å²) in [7, 11) is 3.23. The number of methoxy groups -OCH3 is 2. The van der Waals surface area contributed by atoms with Gasteiger partial charge in [0.15, 0.2) is 0 Å². The Morgan fingerprint density at radius 2 is 1.93 bits per heavy atom. The lowest BCUT2D eigenvalue weighted by atomic mass is 10.1. The number of piperidine rings is 1. The third kappa shape index (κ3) is 4.37. The maximum Gasteiger partial charge on any atom is 0.321 e. The molecule has 7 nitrogen and oxygen atoms in total. The number of hydrogen-bond donors (Lipinski definition) is 1. The van der Waals surface area contributed by atoms with Crippen LogP contribution in [0.4, 0.5) is 10.5 Å². The zero-order valence-electron chi connectivity index (χ0n) is 16.4. The standard InChI is InChI=1S/C21H23N3O4S/c1-26-15-7-8-19-17(13-15)23-21(29-19)28-14-9-11-24(12-10-14)20(25)22-16-5-3-4-6-18(16)27-2/h3-8,13-14H,9-12H2,1-2H3,(H,22,25). The van der Waals surface area contributed by atoms with Gasteiger partial charge >= 0.3 is 6.03 Å². The van der Waals surface area contributed by atoms with E-state index in [0.29, 0.717) is 29.7 Å². The summed E-state index contributed by atoms with van der Waals surface area (Å²) < 4.78 is 17.7. The Balaban J connectivity index is 1.33. The van der Waals surface area contributed by atoms with E-state index in [1.165, 1.54) is 11.3 Å². The van der Waals surface area contributed by atoms with E-state index >= 15 is 0 Å². The predicted octanol–water partition coefficient (Wildman–Crippen LogP) is 4.39. The van der Waals surface area contributed by atoms with Gasteiger partial charge in [0, 0.05) is 32.0 Å². The number of nitrogens with one attached hydrogen (secondary N) is 1. The first-order chi connectivity index (χ1) is 14.2. The van der Waals surface area contributed by atoms with Crippen LogP contribution in [0, 0.1) is 0 Å². The fraction of sp³-hybridized carbons (Fsp3) is 0.333. The molecular formula is C21H23N3O4S. The summed E-state index contributed by atoms with van der Waals surface area (Å²) in [6.07, 6.45) is 1.57. The van der Waals surface area contributed by atoms with Crippen LogP contribution in [0.3, 0.4) is 0 Å². The second-order valence-corrected chi connectivity index (χ2v) is 7.74. The number of nitrogens with zero attached hydrogens (tertiary/aromatic N) is 2. The van der Waals surface area contributed by atoms with Crippen molar-refractivity contribution in [2.24, 2.45) is 0 Å². The number of thiazole rings is 1. The predicted molar refractivity (Wildman–Crippen MR) is 113 cm³/mol. The van der Waals surface area contributed by atoms with E-state index in [1.807, 2.05) is 42.5 Å². The number of likely N-dealkylation sites (tertiary alicyclic amines) is 1. The number of rotatable bonds is 5. The van der Waals surface area contributed by atoms with Crippen LogP contribution < -0.4 is 19.5 Å². The molecule has 0 saturated carbocycles. The summed E-state index contributed by atoms with van der Waals surface area (Å²) in [5.74, 6) is 1.43. The number of urea groups is 1. The highest BCUT2D eigenvalue weighted by atomic mass is 32.1. The van der Waals surface area contributed by atoms with Crippen molar-refractivity contribution in [3.05, 3.63) is 42.5 Å². The normalized spacial score (nSPS) is 14.6. The van der Waals surface area contributed by atoms with Gasteiger partial charge in [-0.15, -0.1) is 0 Å². The van der Waals surface area contributed by atoms with E-state index in [0.717, 1.165) is 28.8 Å². The fourth-order valence-electron chi connectivity index (χ4n) is 3.32. The van der Waals surface area contributed by atoms with E-state index in [4.69, 9.17) is 14.2 Å². The Labute approximate surface area is 173 Å². The number of amides is 2. The Hall–Kier alpha value is -3.00. The highest BCUT2D eigenvalue weighted by Gasteiger charge is 2.25. The Kier molecular flexibility index (Phi) is 5.71. The average molecular weight is 413 g/mol. The number of fused-ring (bicyclic) bond motifs is 1. The van der Waals surface area contributed by atoms with Crippen molar-refractivity contribution in [1.82, 2.24) is 9.88 Å². The van der Waals surface area contributed by atoms with Crippen LogP contribution >= 0.6 is 11.3 Å². The van der Waals surface area contributed by atoms with Crippen molar-refractivity contribution in [3.8, 4) is 16.7 Å². The summed E-state index contributed by atoms with van der Waals surface area (Å²) in [5, 5.41) is 3.58. The minimum absolute atomic E-state index is 0.0489. The molecule has 0 unspecified atom stereocenters. The zero-order valence-corrected chi connectivity index (χ0v) is 17.2. The molecule has 1 saturated heterocycles. The van der Waals surface area contributed by atoms with Gasteiger partial charge in [-0.3, -0.25) is 0 Å². The van der Waals surface area contributed by atoms with Gasteiger partial charge in [-0.25, -0.2) is 9.78 Å². The van der Waals surface area contributed by atoms with E-state index in [-0.39, 0.29) is 12.1 Å². The second-order valence-electron chi connectivity index (χ2n) is 6.75. The number of para-hydroxylation sites is 2. The number of carbonyl (C=O) groups excluding carboxylic acids is 1. The molecule has 152 valence electrons. The van der Waals surface area contributed by atoms with Crippen LogP contribution in [0.1, 0.15) is 12.8 Å². The monoisotopic (exact) mass is 413 g/mol. The molecule has 29 heavy (non-hydrogen) atoms. The maximum atomic E-state index is 12.6. The van der Waals surface area contributed by atoms with Gasteiger partial charge in [0.05, 0.1) is 30.1 Å². The number of aromatic nitrogens is 1. The van der Waals surface area contributed by atoms with Crippen molar-refractivity contribution in [3.63, 3.8) is 0 Å². The Bertz CT molecular complexity index is 999. The molecule has 1 N–H and O–H groups in total. The summed E-state index contributed by atoms with van der Waals surface area (Å²) in [5.41, 5.74) is 1.54. The first kappa shape index (κ1) is 19.3. The van der Waals surface area contributed by atoms with Gasteiger partial charge in [0.1, 0.15) is 17.6 Å². The third-order valence-electron chi connectivity index (χ3n) is 4.92. The van der Waals surface area contributed by atoms with Crippen molar-refractivity contribution >= 4 is 33.3 Å². The zero-order chi connectivity index (χ0) is 20.2. The molecule has 1 aromatic heterocycles. The van der Waals surface area contributed by atoms with Crippen LogP contribution in [-0.4, -0.2) is 49.3 Å². The topological polar surface area (TPSA) is 72.9 Å².